The minimum Gasteiger partial charge on any atom is -0.376 e. The highest BCUT2D eigenvalue weighted by molar-refractivity contribution is 7.89. The Morgan fingerprint density at radius 3 is 2.06 bits per heavy atom. The second-order valence-electron chi connectivity index (χ2n) is 7.01. The fraction of sp³-hybridized carbons (Fsp3) is 0.300. The summed E-state index contributed by atoms with van der Waals surface area (Å²) in [6, 6.07) is 8.11. The topological polar surface area (TPSA) is 86.8 Å². The van der Waals surface area contributed by atoms with Gasteiger partial charge in [-0.05, 0) is 37.3 Å². The van der Waals surface area contributed by atoms with E-state index in [1.165, 1.54) is 49.2 Å². The van der Waals surface area contributed by atoms with Gasteiger partial charge < -0.3 is 10.2 Å². The predicted molar refractivity (Wildman–Crippen MR) is 111 cm³/mol. The molecule has 11 heteroatoms. The zero-order valence-electron chi connectivity index (χ0n) is 17.3. The van der Waals surface area contributed by atoms with Crippen LogP contribution >= 0.6 is 0 Å². The zero-order valence-corrected chi connectivity index (χ0v) is 18.1. The molecule has 2 rings (SSSR count). The third kappa shape index (κ3) is 5.82. The van der Waals surface area contributed by atoms with Crippen molar-refractivity contribution in [2.75, 3.05) is 37.9 Å². The van der Waals surface area contributed by atoms with Crippen LogP contribution in [0.4, 0.5) is 24.5 Å². The van der Waals surface area contributed by atoms with Crippen molar-refractivity contribution in [3.05, 3.63) is 53.6 Å². The molecule has 168 valence electrons. The average molecular weight is 457 g/mol. The number of Topliss-reactive ketones (excluding diaryl/α,β-unsaturated/α-hetero) is 1. The summed E-state index contributed by atoms with van der Waals surface area (Å²) < 4.78 is 65.2. The lowest BCUT2D eigenvalue weighted by Crippen LogP contribution is -2.35. The molecule has 1 amide bonds. The van der Waals surface area contributed by atoms with Crippen LogP contribution < -0.4 is 10.2 Å². The number of anilines is 2. The van der Waals surface area contributed by atoms with Crippen LogP contribution in [0.15, 0.2) is 47.4 Å². The SMILES string of the molecule is CC(=O)c1ccc(S(=O)(=O)N(C)CC(=O)Nc2cc(C(F)(F)F)ccc2N(C)C)cc1. The van der Waals surface area contributed by atoms with Gasteiger partial charge in [0.2, 0.25) is 15.9 Å². The minimum atomic E-state index is -4.60. The summed E-state index contributed by atoms with van der Waals surface area (Å²) in [5.74, 6) is -1.04. The van der Waals surface area contributed by atoms with Crippen molar-refractivity contribution in [3.8, 4) is 0 Å². The maximum absolute atomic E-state index is 13.0. The number of ketones is 1. The third-order valence-corrected chi connectivity index (χ3v) is 6.23. The first kappa shape index (κ1) is 24.4. The number of hydrogen-bond donors (Lipinski definition) is 1. The molecule has 0 spiro atoms. The number of carbonyl (C=O) groups is 2. The van der Waals surface area contributed by atoms with E-state index in [1.54, 1.807) is 14.1 Å². The highest BCUT2D eigenvalue weighted by Crippen LogP contribution is 2.35. The van der Waals surface area contributed by atoms with Crippen LogP contribution in [0.5, 0.6) is 0 Å². The Bertz CT molecular complexity index is 1080. The molecule has 0 atom stereocenters. The summed E-state index contributed by atoms with van der Waals surface area (Å²) >= 11 is 0. The van der Waals surface area contributed by atoms with Gasteiger partial charge in [0.25, 0.3) is 0 Å². The molecule has 2 aromatic carbocycles. The molecule has 0 aliphatic rings. The molecule has 0 radical (unpaired) electrons. The summed E-state index contributed by atoms with van der Waals surface area (Å²) in [7, 11) is 0.311. The second-order valence-corrected chi connectivity index (χ2v) is 9.06. The number of nitrogens with zero attached hydrogens (tertiary/aromatic N) is 2. The van der Waals surface area contributed by atoms with Gasteiger partial charge in [0.05, 0.1) is 28.4 Å². The van der Waals surface area contributed by atoms with Crippen molar-refractivity contribution in [1.29, 1.82) is 0 Å². The monoisotopic (exact) mass is 457 g/mol. The number of amides is 1. The lowest BCUT2D eigenvalue weighted by atomic mass is 10.1. The van der Waals surface area contributed by atoms with E-state index in [0.29, 0.717) is 11.3 Å². The molecule has 0 aromatic heterocycles. The molecule has 0 aliphatic carbocycles. The van der Waals surface area contributed by atoms with Crippen LogP contribution in [-0.2, 0) is 21.0 Å². The zero-order chi connectivity index (χ0) is 23.6. The first-order chi connectivity index (χ1) is 14.2. The fourth-order valence-corrected chi connectivity index (χ4v) is 3.85. The van der Waals surface area contributed by atoms with Crippen molar-refractivity contribution < 1.29 is 31.2 Å². The van der Waals surface area contributed by atoms with Crippen molar-refractivity contribution in [2.24, 2.45) is 0 Å². The largest absolute Gasteiger partial charge is 0.416 e. The smallest absolute Gasteiger partial charge is 0.376 e. The number of carbonyl (C=O) groups excluding carboxylic acids is 2. The molecule has 0 heterocycles. The summed E-state index contributed by atoms with van der Waals surface area (Å²) in [6.07, 6.45) is -4.60. The number of likely N-dealkylation sites (N-methyl/N-ethyl adjacent to an activating group) is 1. The third-order valence-electron chi connectivity index (χ3n) is 4.42. The van der Waals surface area contributed by atoms with E-state index in [4.69, 9.17) is 0 Å². The summed E-state index contributed by atoms with van der Waals surface area (Å²) in [5, 5.41) is 2.35. The van der Waals surface area contributed by atoms with Gasteiger partial charge >= 0.3 is 6.18 Å². The van der Waals surface area contributed by atoms with Crippen LogP contribution in [0.1, 0.15) is 22.8 Å². The molecule has 0 bridgehead atoms. The Kier molecular flexibility index (Phi) is 7.12. The molecule has 0 fully saturated rings. The Morgan fingerprint density at radius 2 is 1.58 bits per heavy atom. The fourth-order valence-electron chi connectivity index (χ4n) is 2.72. The molecule has 0 aliphatic heterocycles. The van der Waals surface area contributed by atoms with E-state index in [2.05, 4.69) is 5.32 Å². The van der Waals surface area contributed by atoms with Gasteiger partial charge in [-0.2, -0.15) is 17.5 Å². The quantitative estimate of drug-likeness (QED) is 0.645. The van der Waals surface area contributed by atoms with Crippen molar-refractivity contribution in [1.82, 2.24) is 4.31 Å². The van der Waals surface area contributed by atoms with Gasteiger partial charge in [-0.15, -0.1) is 0 Å². The van der Waals surface area contributed by atoms with Gasteiger partial charge in [-0.25, -0.2) is 8.42 Å². The first-order valence-electron chi connectivity index (χ1n) is 8.99. The molecule has 0 saturated heterocycles. The molecule has 1 N–H and O–H groups in total. The number of rotatable bonds is 7. The van der Waals surface area contributed by atoms with E-state index in [0.717, 1.165) is 16.4 Å². The normalized spacial score (nSPS) is 12.0. The Balaban J connectivity index is 2.22. The number of nitrogens with one attached hydrogen (secondary N) is 1. The van der Waals surface area contributed by atoms with E-state index < -0.39 is 34.2 Å². The lowest BCUT2D eigenvalue weighted by molar-refractivity contribution is -0.137. The van der Waals surface area contributed by atoms with E-state index in [-0.39, 0.29) is 16.4 Å². The number of alkyl halides is 3. The van der Waals surface area contributed by atoms with Gasteiger partial charge in [0.1, 0.15) is 0 Å². The minimum absolute atomic E-state index is 0.0959. The second kappa shape index (κ2) is 9.06. The average Bonchev–Trinajstić information content (AvgIpc) is 2.66. The van der Waals surface area contributed by atoms with E-state index in [9.17, 15) is 31.2 Å². The highest BCUT2D eigenvalue weighted by Gasteiger charge is 2.31. The van der Waals surface area contributed by atoms with Crippen molar-refractivity contribution >= 4 is 33.1 Å². The molecular weight excluding hydrogens is 435 g/mol. The predicted octanol–water partition coefficient (Wildman–Crippen LogP) is 3.23. The number of hydrogen-bond acceptors (Lipinski definition) is 5. The van der Waals surface area contributed by atoms with Crippen LogP contribution in [0.3, 0.4) is 0 Å². The maximum Gasteiger partial charge on any atom is 0.416 e. The van der Waals surface area contributed by atoms with Gasteiger partial charge in [0, 0.05) is 26.7 Å². The molecule has 0 saturated carbocycles. The van der Waals surface area contributed by atoms with Crippen LogP contribution in [0.2, 0.25) is 0 Å². The van der Waals surface area contributed by atoms with Gasteiger partial charge in [-0.1, -0.05) is 12.1 Å². The van der Waals surface area contributed by atoms with Crippen LogP contribution in [0.25, 0.3) is 0 Å². The lowest BCUT2D eigenvalue weighted by Gasteiger charge is -2.21. The standard InChI is InChI=1S/C20H22F3N3O4S/c1-13(27)14-5-8-16(9-6-14)31(29,30)26(4)12-19(28)24-17-11-15(20(21,22)23)7-10-18(17)25(2)3/h5-11H,12H2,1-4H3,(H,24,28). The van der Waals surface area contributed by atoms with Crippen LogP contribution in [-0.4, -0.2) is 52.1 Å². The van der Waals surface area contributed by atoms with Crippen molar-refractivity contribution in [2.45, 2.75) is 18.0 Å². The summed E-state index contributed by atoms with van der Waals surface area (Å²) in [6.45, 7) is 0.718. The van der Waals surface area contributed by atoms with Gasteiger partial charge in [0.15, 0.2) is 5.78 Å². The maximum atomic E-state index is 13.0. The number of sulfonamides is 1. The van der Waals surface area contributed by atoms with Crippen LogP contribution in [0, 0.1) is 0 Å². The van der Waals surface area contributed by atoms with Gasteiger partial charge in [-0.3, -0.25) is 9.59 Å². The highest BCUT2D eigenvalue weighted by atomic mass is 32.2. The molecule has 0 unspecified atom stereocenters. The van der Waals surface area contributed by atoms with E-state index in [1.807, 2.05) is 0 Å². The van der Waals surface area contributed by atoms with Crippen molar-refractivity contribution in [3.63, 3.8) is 0 Å². The number of benzene rings is 2. The summed E-state index contributed by atoms with van der Waals surface area (Å²) in [5.41, 5.74) is -0.381. The molecule has 2 aromatic rings. The Labute approximate surface area is 178 Å². The molecule has 31 heavy (non-hydrogen) atoms. The molecule has 7 nitrogen and oxygen atoms in total. The summed E-state index contributed by atoms with van der Waals surface area (Å²) in [4.78, 5) is 25.1. The number of halogens is 3. The Morgan fingerprint density at radius 1 is 1.00 bits per heavy atom. The first-order valence-corrected chi connectivity index (χ1v) is 10.4. The van der Waals surface area contributed by atoms with E-state index >= 15 is 0 Å². The Hall–Kier alpha value is -2.92. The molecular formula is C20H22F3N3O4S.